The summed E-state index contributed by atoms with van der Waals surface area (Å²) in [5, 5.41) is 28.6. The van der Waals surface area contributed by atoms with Crippen LogP contribution < -0.4 is 0 Å². The Morgan fingerprint density at radius 2 is 2.00 bits per heavy atom. The first-order chi connectivity index (χ1) is 6.74. The third kappa shape index (κ3) is 1.67. The first-order valence-electron chi connectivity index (χ1n) is 5.46. The molecule has 3 N–H and O–H groups in total. The fraction of sp³-hybridized carbons (Fsp3) is 1.00. The third-order valence-electron chi connectivity index (χ3n) is 3.59. The Bertz CT molecular complexity index is 200. The molecule has 0 aromatic rings. The fourth-order valence-electron chi connectivity index (χ4n) is 2.80. The molecule has 4 nitrogen and oxygen atoms in total. The molecule has 2 aliphatic heterocycles. The maximum atomic E-state index is 9.72. The highest BCUT2D eigenvalue weighted by atomic mass is 16.3. The Balaban J connectivity index is 2.10. The summed E-state index contributed by atoms with van der Waals surface area (Å²) in [6.45, 7) is 0.883. The molecule has 0 amide bonds. The van der Waals surface area contributed by atoms with Gasteiger partial charge in [0, 0.05) is 6.04 Å². The molecule has 4 heteroatoms. The minimum Gasteiger partial charge on any atom is -0.395 e. The van der Waals surface area contributed by atoms with E-state index in [0.29, 0.717) is 12.5 Å². The lowest BCUT2D eigenvalue weighted by Gasteiger charge is -2.48. The molecule has 2 rings (SSSR count). The van der Waals surface area contributed by atoms with E-state index in [9.17, 15) is 15.3 Å². The van der Waals surface area contributed by atoms with Gasteiger partial charge in [0.1, 0.15) is 0 Å². The largest absolute Gasteiger partial charge is 0.395 e. The molecule has 0 bridgehead atoms. The topological polar surface area (TPSA) is 63.9 Å². The lowest BCUT2D eigenvalue weighted by Crippen LogP contribution is -2.61. The van der Waals surface area contributed by atoms with Crippen LogP contribution in [0, 0.1) is 0 Å². The number of hydrogen-bond donors (Lipinski definition) is 3. The highest BCUT2D eigenvalue weighted by molar-refractivity contribution is 4.96. The molecule has 0 aromatic heterocycles. The maximum Gasteiger partial charge on any atom is 0.0976 e. The van der Waals surface area contributed by atoms with Crippen molar-refractivity contribution in [1.82, 2.24) is 4.90 Å². The average molecular weight is 201 g/mol. The van der Waals surface area contributed by atoms with Crippen LogP contribution in [0.3, 0.4) is 0 Å². The molecular weight excluding hydrogens is 182 g/mol. The Kier molecular flexibility index (Phi) is 3.07. The lowest BCUT2D eigenvalue weighted by molar-refractivity contribution is -0.120. The minimum absolute atomic E-state index is 0.0608. The van der Waals surface area contributed by atoms with E-state index < -0.39 is 12.2 Å². The van der Waals surface area contributed by atoms with Crippen molar-refractivity contribution in [3.05, 3.63) is 0 Å². The van der Waals surface area contributed by atoms with E-state index >= 15 is 0 Å². The molecule has 2 saturated heterocycles. The van der Waals surface area contributed by atoms with Crippen molar-refractivity contribution in [2.45, 2.75) is 50.0 Å². The van der Waals surface area contributed by atoms with Gasteiger partial charge in [0.05, 0.1) is 24.9 Å². The van der Waals surface area contributed by atoms with Crippen molar-refractivity contribution in [2.24, 2.45) is 0 Å². The summed E-state index contributed by atoms with van der Waals surface area (Å²) in [5.74, 6) is 0. The number of aliphatic hydroxyl groups excluding tert-OH is 3. The van der Waals surface area contributed by atoms with E-state index in [-0.39, 0.29) is 12.6 Å². The second kappa shape index (κ2) is 4.14. The first kappa shape index (κ1) is 10.4. The molecule has 0 saturated carbocycles. The molecule has 0 aromatic carbocycles. The summed E-state index contributed by atoms with van der Waals surface area (Å²) in [6, 6.07) is 0.100. The van der Waals surface area contributed by atoms with E-state index in [0.717, 1.165) is 19.4 Å². The van der Waals surface area contributed by atoms with Gasteiger partial charge in [-0.3, -0.25) is 4.90 Å². The van der Waals surface area contributed by atoms with Gasteiger partial charge >= 0.3 is 0 Å². The van der Waals surface area contributed by atoms with Crippen LogP contribution in [0.1, 0.15) is 25.7 Å². The maximum absolute atomic E-state index is 9.72. The van der Waals surface area contributed by atoms with Crippen LogP contribution in [0.2, 0.25) is 0 Å². The predicted octanol–water partition coefficient (Wildman–Crippen LogP) is -0.673. The molecule has 2 aliphatic rings. The van der Waals surface area contributed by atoms with Crippen molar-refractivity contribution in [3.8, 4) is 0 Å². The normalized spacial score (nSPS) is 44.8. The highest BCUT2D eigenvalue weighted by Crippen LogP contribution is 2.30. The summed E-state index contributed by atoms with van der Waals surface area (Å²) in [4.78, 5) is 2.17. The Morgan fingerprint density at radius 1 is 1.21 bits per heavy atom. The molecule has 2 heterocycles. The Labute approximate surface area is 84.2 Å². The number of aliphatic hydroxyl groups is 3. The average Bonchev–Trinajstić information content (AvgIpc) is 2.20. The van der Waals surface area contributed by atoms with E-state index in [1.807, 2.05) is 0 Å². The van der Waals surface area contributed by atoms with Crippen LogP contribution in [0.5, 0.6) is 0 Å². The third-order valence-corrected chi connectivity index (χ3v) is 3.59. The zero-order valence-corrected chi connectivity index (χ0v) is 8.34. The standard InChI is InChI=1S/C10H19NO3/c12-6-8-10(14)9(13)5-7-3-1-2-4-11(7)8/h7-10,12-14H,1-6H2/t7-,8+,9+,10-/m0/s1. The molecular formula is C10H19NO3. The van der Waals surface area contributed by atoms with E-state index in [2.05, 4.69) is 4.90 Å². The van der Waals surface area contributed by atoms with Crippen LogP contribution in [-0.4, -0.2) is 57.7 Å². The van der Waals surface area contributed by atoms with Crippen molar-refractivity contribution < 1.29 is 15.3 Å². The number of hydrogen-bond acceptors (Lipinski definition) is 4. The number of nitrogens with zero attached hydrogens (tertiary/aromatic N) is 1. The predicted molar refractivity (Wildman–Crippen MR) is 51.8 cm³/mol. The van der Waals surface area contributed by atoms with Gasteiger partial charge in [-0.15, -0.1) is 0 Å². The van der Waals surface area contributed by atoms with E-state index in [1.165, 1.54) is 6.42 Å². The Hall–Kier alpha value is -0.160. The van der Waals surface area contributed by atoms with Crippen molar-refractivity contribution in [3.63, 3.8) is 0 Å². The number of fused-ring (bicyclic) bond motifs is 1. The van der Waals surface area contributed by atoms with Gasteiger partial charge in [-0.1, -0.05) is 6.42 Å². The van der Waals surface area contributed by atoms with Crippen LogP contribution in [0.25, 0.3) is 0 Å². The van der Waals surface area contributed by atoms with Crippen molar-refractivity contribution in [1.29, 1.82) is 0 Å². The monoisotopic (exact) mass is 201 g/mol. The molecule has 82 valence electrons. The van der Waals surface area contributed by atoms with Crippen LogP contribution in [0.4, 0.5) is 0 Å². The van der Waals surface area contributed by atoms with Crippen molar-refractivity contribution >= 4 is 0 Å². The lowest BCUT2D eigenvalue weighted by atomic mass is 9.85. The summed E-state index contributed by atoms with van der Waals surface area (Å²) < 4.78 is 0. The van der Waals surface area contributed by atoms with Crippen LogP contribution >= 0.6 is 0 Å². The smallest absolute Gasteiger partial charge is 0.0976 e. The first-order valence-corrected chi connectivity index (χ1v) is 5.46. The zero-order valence-electron chi connectivity index (χ0n) is 8.34. The quantitative estimate of drug-likeness (QED) is 0.526. The van der Waals surface area contributed by atoms with Crippen LogP contribution in [0.15, 0.2) is 0 Å². The minimum atomic E-state index is -0.783. The summed E-state index contributed by atoms with van der Waals surface area (Å²) >= 11 is 0. The van der Waals surface area contributed by atoms with Gasteiger partial charge in [-0.2, -0.15) is 0 Å². The van der Waals surface area contributed by atoms with Gasteiger partial charge in [0.15, 0.2) is 0 Å². The van der Waals surface area contributed by atoms with Gasteiger partial charge in [0.2, 0.25) is 0 Å². The second-order valence-corrected chi connectivity index (χ2v) is 4.43. The number of piperidine rings is 2. The number of rotatable bonds is 1. The van der Waals surface area contributed by atoms with Gasteiger partial charge in [-0.25, -0.2) is 0 Å². The zero-order chi connectivity index (χ0) is 10.1. The molecule has 2 fully saturated rings. The SMILES string of the molecule is OC[C@@H]1[C@H](O)[C@H](O)C[C@@H]2CCCCN21. The van der Waals surface area contributed by atoms with Gasteiger partial charge < -0.3 is 15.3 Å². The highest BCUT2D eigenvalue weighted by Gasteiger charge is 2.41. The van der Waals surface area contributed by atoms with E-state index in [1.54, 1.807) is 0 Å². The van der Waals surface area contributed by atoms with Crippen molar-refractivity contribution in [2.75, 3.05) is 13.2 Å². The molecule has 0 radical (unpaired) electrons. The molecule has 0 spiro atoms. The Morgan fingerprint density at radius 3 is 2.71 bits per heavy atom. The second-order valence-electron chi connectivity index (χ2n) is 4.43. The summed E-state index contributed by atoms with van der Waals surface area (Å²) in [5.41, 5.74) is 0. The summed E-state index contributed by atoms with van der Waals surface area (Å²) in [7, 11) is 0. The molecule has 0 aliphatic carbocycles. The van der Waals surface area contributed by atoms with E-state index in [4.69, 9.17) is 0 Å². The fourth-order valence-corrected chi connectivity index (χ4v) is 2.80. The molecule has 4 atom stereocenters. The summed E-state index contributed by atoms with van der Waals surface area (Å²) in [6.07, 6.45) is 2.62. The molecule has 14 heavy (non-hydrogen) atoms. The van der Waals surface area contributed by atoms with Gasteiger partial charge in [0.25, 0.3) is 0 Å². The molecule has 0 unspecified atom stereocenters. The van der Waals surface area contributed by atoms with Gasteiger partial charge in [-0.05, 0) is 25.8 Å². The van der Waals surface area contributed by atoms with Crippen LogP contribution in [-0.2, 0) is 0 Å².